The topological polar surface area (TPSA) is 106 Å². The van der Waals surface area contributed by atoms with Crippen LogP contribution < -0.4 is 10.5 Å². The van der Waals surface area contributed by atoms with E-state index in [1.807, 2.05) is 29.0 Å². The predicted octanol–water partition coefficient (Wildman–Crippen LogP) is 2.12. The smallest absolute Gasteiger partial charge is 0.275 e. The molecule has 122 valence electrons. The van der Waals surface area contributed by atoms with Crippen LogP contribution in [-0.4, -0.2) is 20.2 Å². The zero-order valence-electron chi connectivity index (χ0n) is 12.2. The zero-order valence-corrected chi connectivity index (χ0v) is 13.9. The fourth-order valence-electron chi connectivity index (χ4n) is 2.14. The van der Waals surface area contributed by atoms with Gasteiger partial charge in [0.2, 0.25) is 5.91 Å². The van der Waals surface area contributed by atoms with Gasteiger partial charge in [-0.05, 0) is 35.7 Å². The van der Waals surface area contributed by atoms with Crippen molar-refractivity contribution >= 4 is 43.3 Å². The van der Waals surface area contributed by atoms with E-state index in [1.165, 1.54) is 29.5 Å². The van der Waals surface area contributed by atoms with Gasteiger partial charge < -0.3 is 5.73 Å². The third-order valence-electron chi connectivity index (χ3n) is 3.31. The molecule has 6 nitrogen and oxygen atoms in total. The Morgan fingerprint density at radius 2 is 1.75 bits per heavy atom. The maximum atomic E-state index is 12.3. The molecule has 1 heterocycles. The number of fused-ring (bicyclic) bond motifs is 1. The minimum Gasteiger partial charge on any atom is -0.366 e. The van der Waals surface area contributed by atoms with Crippen LogP contribution in [-0.2, 0) is 10.0 Å². The minimum absolute atomic E-state index is 0.0483. The third-order valence-corrected chi connectivity index (χ3v) is 5.75. The number of hydrogen-bond acceptors (Lipinski definition) is 5. The molecular weight excluding hydrogens is 348 g/mol. The Morgan fingerprint density at radius 1 is 1.00 bits per heavy atom. The van der Waals surface area contributed by atoms with Gasteiger partial charge in [0.05, 0.1) is 9.77 Å². The normalized spacial score (nSPS) is 11.3. The second-order valence-electron chi connectivity index (χ2n) is 4.98. The van der Waals surface area contributed by atoms with E-state index < -0.39 is 21.8 Å². The quantitative estimate of drug-likeness (QED) is 0.743. The van der Waals surface area contributed by atoms with Crippen LogP contribution in [0.25, 0.3) is 10.1 Å². The number of thiophene rings is 1. The van der Waals surface area contributed by atoms with Crippen LogP contribution in [0.1, 0.15) is 20.0 Å². The lowest BCUT2D eigenvalue weighted by atomic mass is 10.2. The van der Waals surface area contributed by atoms with E-state index in [-0.39, 0.29) is 15.3 Å². The summed E-state index contributed by atoms with van der Waals surface area (Å²) in [5.74, 6) is -1.47. The van der Waals surface area contributed by atoms with Crippen LogP contribution >= 0.6 is 11.3 Å². The number of rotatable bonds is 4. The van der Waals surface area contributed by atoms with E-state index in [0.717, 1.165) is 16.2 Å². The van der Waals surface area contributed by atoms with Crippen LogP contribution in [0.4, 0.5) is 0 Å². The Bertz CT molecular complexity index is 1020. The van der Waals surface area contributed by atoms with Crippen molar-refractivity contribution < 1.29 is 18.0 Å². The largest absolute Gasteiger partial charge is 0.366 e. The molecule has 0 radical (unpaired) electrons. The summed E-state index contributed by atoms with van der Waals surface area (Å²) in [6, 6.07) is 14.2. The van der Waals surface area contributed by atoms with Crippen molar-refractivity contribution in [2.45, 2.75) is 4.90 Å². The van der Waals surface area contributed by atoms with E-state index in [0.29, 0.717) is 0 Å². The monoisotopic (exact) mass is 360 g/mol. The highest BCUT2D eigenvalue weighted by atomic mass is 32.2. The summed E-state index contributed by atoms with van der Waals surface area (Å²) in [6.45, 7) is 0. The molecule has 0 aliphatic carbocycles. The summed E-state index contributed by atoms with van der Waals surface area (Å²) in [5.41, 5.74) is 5.19. The van der Waals surface area contributed by atoms with E-state index >= 15 is 0 Å². The molecule has 3 N–H and O–H groups in total. The van der Waals surface area contributed by atoms with Crippen LogP contribution in [0.2, 0.25) is 0 Å². The minimum atomic E-state index is -4.10. The lowest BCUT2D eigenvalue weighted by molar-refractivity contribution is 0.0982. The van der Waals surface area contributed by atoms with Crippen molar-refractivity contribution in [2.75, 3.05) is 0 Å². The second kappa shape index (κ2) is 6.06. The highest BCUT2D eigenvalue weighted by Crippen LogP contribution is 2.25. The van der Waals surface area contributed by atoms with Crippen molar-refractivity contribution in [3.05, 3.63) is 65.0 Å². The number of benzene rings is 2. The molecule has 24 heavy (non-hydrogen) atoms. The fourth-order valence-corrected chi connectivity index (χ4v) is 4.18. The van der Waals surface area contributed by atoms with Crippen molar-refractivity contribution in [2.24, 2.45) is 5.73 Å². The maximum absolute atomic E-state index is 12.3. The second-order valence-corrected chi connectivity index (χ2v) is 7.74. The molecule has 0 aliphatic rings. The first-order valence-electron chi connectivity index (χ1n) is 6.82. The molecule has 0 spiro atoms. The summed E-state index contributed by atoms with van der Waals surface area (Å²) >= 11 is 1.20. The number of hydrogen-bond donors (Lipinski definition) is 2. The van der Waals surface area contributed by atoms with E-state index in [9.17, 15) is 18.0 Å². The number of carbonyl (C=O) groups excluding carboxylic acids is 2. The molecule has 3 aromatic rings. The summed E-state index contributed by atoms with van der Waals surface area (Å²) in [4.78, 5) is 23.5. The Balaban J connectivity index is 1.89. The summed E-state index contributed by atoms with van der Waals surface area (Å²) in [6.07, 6.45) is 0. The number of amides is 2. The Morgan fingerprint density at radius 3 is 2.46 bits per heavy atom. The Kier molecular flexibility index (Phi) is 4.08. The van der Waals surface area contributed by atoms with Gasteiger partial charge in [-0.2, -0.15) is 0 Å². The van der Waals surface area contributed by atoms with Gasteiger partial charge in [0.15, 0.2) is 0 Å². The molecule has 0 unspecified atom stereocenters. The van der Waals surface area contributed by atoms with Crippen molar-refractivity contribution in [1.29, 1.82) is 0 Å². The highest BCUT2D eigenvalue weighted by Gasteiger charge is 2.21. The molecule has 3 rings (SSSR count). The first-order valence-corrected chi connectivity index (χ1v) is 9.12. The number of sulfonamides is 1. The maximum Gasteiger partial charge on any atom is 0.275 e. The van der Waals surface area contributed by atoms with Crippen molar-refractivity contribution in [3.63, 3.8) is 0 Å². The van der Waals surface area contributed by atoms with Crippen LogP contribution in [0.15, 0.2) is 59.5 Å². The zero-order chi connectivity index (χ0) is 17.3. The molecule has 0 saturated carbocycles. The predicted molar refractivity (Wildman–Crippen MR) is 91.4 cm³/mol. The highest BCUT2D eigenvalue weighted by molar-refractivity contribution is 7.90. The van der Waals surface area contributed by atoms with Crippen molar-refractivity contribution in [3.8, 4) is 0 Å². The molecule has 1 aromatic heterocycles. The summed E-state index contributed by atoms with van der Waals surface area (Å²) in [5, 5.41) is 0.862. The first-order chi connectivity index (χ1) is 11.4. The van der Waals surface area contributed by atoms with E-state index in [4.69, 9.17) is 5.73 Å². The van der Waals surface area contributed by atoms with Crippen LogP contribution in [0.3, 0.4) is 0 Å². The van der Waals surface area contributed by atoms with Gasteiger partial charge in [-0.15, -0.1) is 11.3 Å². The molecular formula is C16H12N2O4S2. The Hall–Kier alpha value is -2.71. The van der Waals surface area contributed by atoms with Gasteiger partial charge in [-0.25, -0.2) is 13.1 Å². The molecule has 2 aromatic carbocycles. The molecule has 2 amide bonds. The number of primary amides is 1. The Labute approximate surface area is 142 Å². The van der Waals surface area contributed by atoms with Gasteiger partial charge in [0, 0.05) is 10.3 Å². The molecule has 0 bridgehead atoms. The average molecular weight is 360 g/mol. The lowest BCUT2D eigenvalue weighted by Crippen LogP contribution is -2.30. The summed E-state index contributed by atoms with van der Waals surface area (Å²) in [7, 11) is -4.10. The number of carbonyl (C=O) groups is 2. The van der Waals surface area contributed by atoms with Gasteiger partial charge in [-0.3, -0.25) is 9.59 Å². The van der Waals surface area contributed by atoms with Crippen molar-refractivity contribution in [1.82, 2.24) is 4.72 Å². The van der Waals surface area contributed by atoms with E-state index in [1.54, 1.807) is 6.07 Å². The first kappa shape index (κ1) is 16.2. The van der Waals surface area contributed by atoms with Gasteiger partial charge in [-0.1, -0.05) is 24.3 Å². The van der Waals surface area contributed by atoms with Crippen LogP contribution in [0.5, 0.6) is 0 Å². The molecule has 0 saturated heterocycles. The molecule has 0 fully saturated rings. The molecule has 0 aliphatic heterocycles. The van der Waals surface area contributed by atoms with Crippen LogP contribution in [0, 0.1) is 0 Å². The van der Waals surface area contributed by atoms with E-state index in [2.05, 4.69) is 0 Å². The third kappa shape index (κ3) is 3.15. The number of nitrogens with two attached hydrogens (primary N) is 1. The van der Waals surface area contributed by atoms with Gasteiger partial charge in [0.25, 0.3) is 15.9 Å². The van der Waals surface area contributed by atoms with Gasteiger partial charge >= 0.3 is 0 Å². The number of nitrogens with one attached hydrogen (secondary N) is 1. The summed E-state index contributed by atoms with van der Waals surface area (Å²) < 4.78 is 27.5. The standard InChI is InChI=1S/C16H12N2O4S2/c17-15(19)11-5-3-6-12(8-11)24(21,22)18-16(20)14-9-10-4-1-2-7-13(10)23-14/h1-9H,(H2,17,19)(H,18,20). The molecule has 8 heteroatoms. The lowest BCUT2D eigenvalue weighted by Gasteiger charge is -2.06. The van der Waals surface area contributed by atoms with Gasteiger partial charge in [0.1, 0.15) is 0 Å². The molecule has 0 atom stereocenters. The SMILES string of the molecule is NC(=O)c1cccc(S(=O)(=O)NC(=O)c2cc3ccccc3s2)c1. The average Bonchev–Trinajstić information content (AvgIpc) is 2.99. The fraction of sp³-hybridized carbons (Fsp3) is 0.